The van der Waals surface area contributed by atoms with Crippen molar-refractivity contribution in [2.45, 2.75) is 17.9 Å². The first-order chi connectivity index (χ1) is 8.99. The van der Waals surface area contributed by atoms with Gasteiger partial charge in [-0.25, -0.2) is 8.42 Å². The van der Waals surface area contributed by atoms with Crippen LogP contribution in [0.5, 0.6) is 5.75 Å². The number of hydrogen-bond donors (Lipinski definition) is 0. The van der Waals surface area contributed by atoms with E-state index in [1.54, 1.807) is 22.8 Å². The second kappa shape index (κ2) is 5.38. The first-order valence-corrected chi connectivity index (χ1v) is 7.96. The molecule has 7 heteroatoms. The molecule has 1 aromatic heterocycles. The van der Waals surface area contributed by atoms with Crippen LogP contribution < -0.4 is 4.74 Å². The predicted molar refractivity (Wildman–Crippen MR) is 72.1 cm³/mol. The largest absolute Gasteiger partial charge is 0.496 e. The van der Waals surface area contributed by atoms with E-state index >= 15 is 0 Å². The molecule has 0 aliphatic carbocycles. The van der Waals surface area contributed by atoms with E-state index in [2.05, 4.69) is 0 Å². The van der Waals surface area contributed by atoms with Crippen LogP contribution in [0.15, 0.2) is 29.3 Å². The lowest BCUT2D eigenvalue weighted by Crippen LogP contribution is -1.97. The van der Waals surface area contributed by atoms with E-state index in [9.17, 15) is 12.8 Å². The average Bonchev–Trinajstić information content (AvgIpc) is 2.75. The molecule has 0 spiro atoms. The molecule has 0 amide bonds. The number of ether oxygens (including phenoxy) is 1. The molecular weight excluding hydrogens is 293 g/mol. The van der Waals surface area contributed by atoms with Crippen LogP contribution in [0, 0.1) is 0 Å². The molecule has 4 nitrogen and oxygen atoms in total. The molecule has 0 unspecified atom stereocenters. The SMILES string of the molecule is COc1cccc2c1c(S(=O)(=O)Cl)cn2CCCF. The number of aromatic nitrogens is 1. The summed E-state index contributed by atoms with van der Waals surface area (Å²) in [6, 6.07) is 5.16. The van der Waals surface area contributed by atoms with Crippen molar-refractivity contribution in [2.24, 2.45) is 0 Å². The van der Waals surface area contributed by atoms with Crippen LogP contribution in [0.3, 0.4) is 0 Å². The van der Waals surface area contributed by atoms with Crippen molar-refractivity contribution >= 4 is 30.6 Å². The molecule has 0 radical (unpaired) electrons. The van der Waals surface area contributed by atoms with Crippen molar-refractivity contribution in [3.8, 4) is 5.75 Å². The van der Waals surface area contributed by atoms with Crippen LogP contribution in [0.25, 0.3) is 10.9 Å². The first kappa shape index (κ1) is 14.1. The maximum absolute atomic E-state index is 12.3. The lowest BCUT2D eigenvalue weighted by Gasteiger charge is -2.05. The van der Waals surface area contributed by atoms with E-state index in [-0.39, 0.29) is 4.90 Å². The highest BCUT2D eigenvalue weighted by Crippen LogP contribution is 2.35. The van der Waals surface area contributed by atoms with Crippen LogP contribution >= 0.6 is 10.7 Å². The number of nitrogens with zero attached hydrogens (tertiary/aromatic N) is 1. The van der Waals surface area contributed by atoms with Gasteiger partial charge in [-0.05, 0) is 18.6 Å². The molecule has 0 aliphatic rings. The number of methoxy groups -OCH3 is 1. The Morgan fingerprint density at radius 2 is 2.16 bits per heavy atom. The summed E-state index contributed by atoms with van der Waals surface area (Å²) < 4.78 is 42.4. The summed E-state index contributed by atoms with van der Waals surface area (Å²) >= 11 is 0. The molecule has 0 atom stereocenters. The first-order valence-electron chi connectivity index (χ1n) is 5.65. The van der Waals surface area contributed by atoms with Crippen LogP contribution in [-0.4, -0.2) is 26.8 Å². The lowest BCUT2D eigenvalue weighted by molar-refractivity contribution is 0.419. The Hall–Kier alpha value is -1.27. The van der Waals surface area contributed by atoms with Gasteiger partial charge in [-0.3, -0.25) is 4.39 Å². The smallest absolute Gasteiger partial charge is 0.263 e. The van der Waals surface area contributed by atoms with Gasteiger partial charge in [0.15, 0.2) is 0 Å². The number of hydrogen-bond acceptors (Lipinski definition) is 3. The van der Waals surface area contributed by atoms with Gasteiger partial charge in [0.1, 0.15) is 10.6 Å². The third-order valence-electron chi connectivity index (χ3n) is 2.85. The number of halogens is 2. The fourth-order valence-corrected chi connectivity index (χ4v) is 3.11. The standard InChI is InChI=1S/C12H13ClFNO3S/c1-18-10-5-2-4-9-12(10)11(19(13,16)17)8-15(9)7-3-6-14/h2,4-5,8H,3,6-7H2,1H3. The molecule has 2 rings (SSSR count). The molecule has 1 heterocycles. The van der Waals surface area contributed by atoms with Crippen LogP contribution in [0.1, 0.15) is 6.42 Å². The Labute approximate surface area is 115 Å². The van der Waals surface area contributed by atoms with E-state index in [0.717, 1.165) is 0 Å². The minimum atomic E-state index is -3.89. The molecule has 0 saturated heterocycles. The zero-order valence-electron chi connectivity index (χ0n) is 10.3. The Morgan fingerprint density at radius 3 is 2.74 bits per heavy atom. The fourth-order valence-electron chi connectivity index (χ4n) is 2.05. The third kappa shape index (κ3) is 2.69. The van der Waals surface area contributed by atoms with Crippen LogP contribution in [0.2, 0.25) is 0 Å². The Kier molecular flexibility index (Phi) is 4.01. The van der Waals surface area contributed by atoms with E-state index in [4.69, 9.17) is 15.4 Å². The van der Waals surface area contributed by atoms with E-state index in [1.165, 1.54) is 13.3 Å². The summed E-state index contributed by atoms with van der Waals surface area (Å²) in [5, 5.41) is 0.429. The van der Waals surface area contributed by atoms with Crippen molar-refractivity contribution < 1.29 is 17.5 Å². The molecule has 0 saturated carbocycles. The van der Waals surface area contributed by atoms with E-state index < -0.39 is 15.7 Å². The monoisotopic (exact) mass is 305 g/mol. The second-order valence-electron chi connectivity index (χ2n) is 4.02. The highest BCUT2D eigenvalue weighted by Gasteiger charge is 2.21. The van der Waals surface area contributed by atoms with Gasteiger partial charge >= 0.3 is 0 Å². The summed E-state index contributed by atoms with van der Waals surface area (Å²) in [7, 11) is 3.01. The normalized spacial score (nSPS) is 11.9. The molecular formula is C12H13ClFNO3S. The van der Waals surface area contributed by atoms with Gasteiger partial charge in [0.25, 0.3) is 9.05 Å². The van der Waals surface area contributed by atoms with Crippen molar-refractivity contribution in [1.29, 1.82) is 0 Å². The zero-order valence-corrected chi connectivity index (χ0v) is 11.8. The topological polar surface area (TPSA) is 48.3 Å². The highest BCUT2D eigenvalue weighted by atomic mass is 35.7. The minimum Gasteiger partial charge on any atom is -0.496 e. The summed E-state index contributed by atoms with van der Waals surface area (Å²) in [5.41, 5.74) is 0.659. The molecule has 1 aromatic carbocycles. The Morgan fingerprint density at radius 1 is 1.42 bits per heavy atom. The van der Waals surface area contributed by atoms with Gasteiger partial charge in [0.05, 0.1) is 24.7 Å². The Balaban J connectivity index is 2.74. The number of rotatable bonds is 5. The molecule has 0 bridgehead atoms. The van der Waals surface area contributed by atoms with Crippen LogP contribution in [-0.2, 0) is 15.6 Å². The van der Waals surface area contributed by atoms with E-state index in [0.29, 0.717) is 29.6 Å². The summed E-state index contributed by atoms with van der Waals surface area (Å²) in [6.07, 6.45) is 1.73. The van der Waals surface area contributed by atoms with Crippen molar-refractivity contribution in [1.82, 2.24) is 4.57 Å². The lowest BCUT2D eigenvalue weighted by atomic mass is 10.2. The predicted octanol–water partition coefficient (Wildman–Crippen LogP) is 2.94. The second-order valence-corrected chi connectivity index (χ2v) is 6.56. The van der Waals surface area contributed by atoms with Crippen molar-refractivity contribution in [2.75, 3.05) is 13.8 Å². The Bertz CT molecular complexity index is 696. The maximum atomic E-state index is 12.3. The number of alkyl halides is 1. The summed E-state index contributed by atoms with van der Waals surface area (Å²) in [6.45, 7) is -0.0842. The molecule has 0 N–H and O–H groups in total. The quantitative estimate of drug-likeness (QED) is 0.798. The fraction of sp³-hybridized carbons (Fsp3) is 0.333. The highest BCUT2D eigenvalue weighted by molar-refractivity contribution is 8.14. The van der Waals surface area contributed by atoms with Gasteiger partial charge in [0.2, 0.25) is 0 Å². The molecule has 19 heavy (non-hydrogen) atoms. The average molecular weight is 306 g/mol. The number of fused-ring (bicyclic) bond motifs is 1. The maximum Gasteiger partial charge on any atom is 0.263 e. The molecule has 0 aliphatic heterocycles. The van der Waals surface area contributed by atoms with Crippen LogP contribution in [0.4, 0.5) is 4.39 Å². The summed E-state index contributed by atoms with van der Waals surface area (Å²) in [4.78, 5) is -0.0134. The molecule has 104 valence electrons. The number of benzene rings is 1. The van der Waals surface area contributed by atoms with Crippen molar-refractivity contribution in [3.63, 3.8) is 0 Å². The van der Waals surface area contributed by atoms with Gasteiger partial charge in [-0.2, -0.15) is 0 Å². The van der Waals surface area contributed by atoms with Gasteiger partial charge in [-0.1, -0.05) is 6.07 Å². The van der Waals surface area contributed by atoms with E-state index in [1.807, 2.05) is 0 Å². The zero-order chi connectivity index (χ0) is 14.0. The minimum absolute atomic E-state index is 0.0134. The molecule has 0 fully saturated rings. The van der Waals surface area contributed by atoms with Crippen molar-refractivity contribution in [3.05, 3.63) is 24.4 Å². The summed E-state index contributed by atoms with van der Waals surface area (Å²) in [5.74, 6) is 0.427. The van der Waals surface area contributed by atoms with Gasteiger partial charge in [-0.15, -0.1) is 0 Å². The number of aryl methyl sites for hydroxylation is 1. The van der Waals surface area contributed by atoms with Gasteiger partial charge in [0, 0.05) is 23.4 Å². The third-order valence-corrected chi connectivity index (χ3v) is 4.18. The van der Waals surface area contributed by atoms with Gasteiger partial charge < -0.3 is 9.30 Å². The molecule has 2 aromatic rings.